The lowest BCUT2D eigenvalue weighted by molar-refractivity contribution is 0.0146. The Balaban J connectivity index is 3.19. The average Bonchev–Trinajstić information content (AvgIpc) is 2.71. The van der Waals surface area contributed by atoms with E-state index in [1.807, 2.05) is 18.5 Å². The van der Waals surface area contributed by atoms with Crippen molar-refractivity contribution in [3.05, 3.63) is 15.9 Å². The fourth-order valence-corrected chi connectivity index (χ4v) is 2.96. The summed E-state index contributed by atoms with van der Waals surface area (Å²) < 4.78 is 2.98. The zero-order valence-electron chi connectivity index (χ0n) is 12.3. The van der Waals surface area contributed by atoms with Gasteiger partial charge in [-0.05, 0) is 35.2 Å². The minimum absolute atomic E-state index is 0.0238. The minimum Gasteiger partial charge on any atom is -0.396 e. The number of aromatic nitrogens is 2. The van der Waals surface area contributed by atoms with Crippen molar-refractivity contribution in [2.45, 2.75) is 47.1 Å². The fraction of sp³-hybridized carbons (Fsp3) is 0.786. The molecule has 0 aliphatic heterocycles. The number of nitrogens with zero attached hydrogens (tertiary/aromatic N) is 2. The monoisotopic (exact) mass is 332 g/mol. The van der Waals surface area contributed by atoms with Gasteiger partial charge in [-0.2, -0.15) is 5.10 Å². The molecule has 0 unspecified atom stereocenters. The van der Waals surface area contributed by atoms with E-state index in [4.69, 9.17) is 0 Å². The quantitative estimate of drug-likeness (QED) is 0.806. The molecule has 0 aliphatic carbocycles. The van der Waals surface area contributed by atoms with Crippen LogP contribution in [-0.4, -0.2) is 33.2 Å². The van der Waals surface area contributed by atoms with E-state index in [9.17, 15) is 10.2 Å². The van der Waals surface area contributed by atoms with Crippen LogP contribution in [0.3, 0.4) is 0 Å². The van der Waals surface area contributed by atoms with Gasteiger partial charge in [0.15, 0.2) is 0 Å². The molecule has 0 fully saturated rings. The summed E-state index contributed by atoms with van der Waals surface area (Å²) in [6.07, 6.45) is 1.49. The predicted molar refractivity (Wildman–Crippen MR) is 80.1 cm³/mol. The molecule has 0 aromatic carbocycles. The number of aliphatic hydroxyl groups is 2. The second-order valence-electron chi connectivity index (χ2n) is 5.39. The summed E-state index contributed by atoms with van der Waals surface area (Å²) in [6.45, 7) is 8.94. The van der Waals surface area contributed by atoms with Gasteiger partial charge in [-0.15, -0.1) is 0 Å². The van der Waals surface area contributed by atoms with Crippen molar-refractivity contribution < 1.29 is 10.2 Å². The van der Waals surface area contributed by atoms with E-state index < -0.39 is 5.41 Å². The first-order valence-corrected chi connectivity index (χ1v) is 7.70. The smallest absolute Gasteiger partial charge is 0.0766 e. The number of hydrogen-bond donors (Lipinski definition) is 2. The molecule has 0 bridgehead atoms. The molecule has 1 aromatic heterocycles. The van der Waals surface area contributed by atoms with Crippen molar-refractivity contribution in [2.24, 2.45) is 11.3 Å². The van der Waals surface area contributed by atoms with E-state index in [2.05, 4.69) is 34.9 Å². The second-order valence-corrected chi connectivity index (χ2v) is 6.18. The van der Waals surface area contributed by atoms with Gasteiger partial charge < -0.3 is 10.2 Å². The molecule has 1 heterocycles. The summed E-state index contributed by atoms with van der Waals surface area (Å²) in [5.41, 5.74) is 1.60. The number of aryl methyl sites for hydroxylation is 2. The predicted octanol–water partition coefficient (Wildman–Crippen LogP) is 2.40. The lowest BCUT2D eigenvalue weighted by atomic mass is 9.75. The lowest BCUT2D eigenvalue weighted by Gasteiger charge is -2.34. The van der Waals surface area contributed by atoms with Crippen LogP contribution < -0.4 is 0 Å². The first-order valence-electron chi connectivity index (χ1n) is 6.91. The molecular formula is C14H25BrN2O2. The van der Waals surface area contributed by atoms with Crippen LogP contribution in [0.2, 0.25) is 0 Å². The Morgan fingerprint density at radius 3 is 2.21 bits per heavy atom. The largest absolute Gasteiger partial charge is 0.396 e. The van der Waals surface area contributed by atoms with E-state index in [1.54, 1.807) is 0 Å². The van der Waals surface area contributed by atoms with Gasteiger partial charge in [-0.3, -0.25) is 4.68 Å². The van der Waals surface area contributed by atoms with E-state index >= 15 is 0 Å². The molecule has 0 radical (unpaired) electrons. The highest BCUT2D eigenvalue weighted by Gasteiger charge is 2.35. The standard InChI is InChI=1S/C14H25BrN2O2/c1-5-11-13(15)12(17(6-2)16-11)7-14(8-18,9-19)10(3)4/h10,18-19H,5-9H2,1-4H3. The lowest BCUT2D eigenvalue weighted by Crippen LogP contribution is -2.38. The molecule has 2 N–H and O–H groups in total. The molecule has 19 heavy (non-hydrogen) atoms. The minimum atomic E-state index is -0.500. The van der Waals surface area contributed by atoms with Gasteiger partial charge in [0.1, 0.15) is 0 Å². The Labute approximate surface area is 124 Å². The van der Waals surface area contributed by atoms with Crippen molar-refractivity contribution >= 4 is 15.9 Å². The summed E-state index contributed by atoms with van der Waals surface area (Å²) in [6, 6.07) is 0. The van der Waals surface area contributed by atoms with Crippen LogP contribution in [0, 0.1) is 11.3 Å². The van der Waals surface area contributed by atoms with Gasteiger partial charge in [0.05, 0.1) is 29.1 Å². The summed E-state index contributed by atoms with van der Waals surface area (Å²) in [7, 11) is 0. The number of aliphatic hydroxyl groups excluding tert-OH is 2. The Bertz CT molecular complexity index is 412. The molecule has 110 valence electrons. The third-order valence-electron chi connectivity index (χ3n) is 4.07. The van der Waals surface area contributed by atoms with Crippen LogP contribution >= 0.6 is 15.9 Å². The molecule has 5 heteroatoms. The Kier molecular flexibility index (Phi) is 6.02. The molecule has 0 saturated heterocycles. The van der Waals surface area contributed by atoms with Crippen LogP contribution in [-0.2, 0) is 19.4 Å². The van der Waals surface area contributed by atoms with Crippen LogP contribution in [0.25, 0.3) is 0 Å². The molecule has 0 saturated carbocycles. The fourth-order valence-electron chi connectivity index (χ4n) is 2.25. The zero-order chi connectivity index (χ0) is 14.6. The highest BCUT2D eigenvalue weighted by Crippen LogP contribution is 2.34. The van der Waals surface area contributed by atoms with Gasteiger partial charge in [0.2, 0.25) is 0 Å². The number of hydrogen-bond acceptors (Lipinski definition) is 3. The first kappa shape index (κ1) is 16.7. The molecule has 1 aromatic rings. The number of halogens is 1. The highest BCUT2D eigenvalue weighted by atomic mass is 79.9. The Hall–Kier alpha value is -0.390. The summed E-state index contributed by atoms with van der Waals surface area (Å²) >= 11 is 3.62. The van der Waals surface area contributed by atoms with Crippen molar-refractivity contribution in [1.29, 1.82) is 0 Å². The third-order valence-corrected chi connectivity index (χ3v) is 4.98. The molecule has 1 rings (SSSR count). The van der Waals surface area contributed by atoms with Gasteiger partial charge in [0.25, 0.3) is 0 Å². The average molecular weight is 333 g/mol. The normalized spacial score (nSPS) is 12.4. The molecule has 0 atom stereocenters. The zero-order valence-corrected chi connectivity index (χ0v) is 13.9. The Morgan fingerprint density at radius 2 is 1.84 bits per heavy atom. The van der Waals surface area contributed by atoms with Gasteiger partial charge in [-0.1, -0.05) is 20.8 Å². The van der Waals surface area contributed by atoms with Crippen LogP contribution in [0.5, 0.6) is 0 Å². The van der Waals surface area contributed by atoms with E-state index in [-0.39, 0.29) is 19.1 Å². The van der Waals surface area contributed by atoms with Crippen molar-refractivity contribution in [2.75, 3.05) is 13.2 Å². The molecule has 4 nitrogen and oxygen atoms in total. The summed E-state index contributed by atoms with van der Waals surface area (Å²) in [5, 5.41) is 24.0. The molecular weight excluding hydrogens is 308 g/mol. The van der Waals surface area contributed by atoms with Crippen molar-refractivity contribution in [3.63, 3.8) is 0 Å². The van der Waals surface area contributed by atoms with Gasteiger partial charge in [-0.25, -0.2) is 0 Å². The van der Waals surface area contributed by atoms with Crippen molar-refractivity contribution in [1.82, 2.24) is 9.78 Å². The second kappa shape index (κ2) is 6.86. The van der Waals surface area contributed by atoms with Crippen LogP contribution in [0.15, 0.2) is 4.47 Å². The molecule has 0 spiro atoms. The maximum Gasteiger partial charge on any atom is 0.0766 e. The maximum atomic E-state index is 9.72. The Morgan fingerprint density at radius 1 is 1.26 bits per heavy atom. The van der Waals surface area contributed by atoms with Crippen molar-refractivity contribution in [3.8, 4) is 0 Å². The van der Waals surface area contributed by atoms with Gasteiger partial charge in [0, 0.05) is 18.4 Å². The number of rotatable bonds is 7. The molecule has 0 aliphatic rings. The summed E-state index contributed by atoms with van der Waals surface area (Å²) in [5.74, 6) is 0.194. The van der Waals surface area contributed by atoms with Crippen LogP contribution in [0.1, 0.15) is 39.1 Å². The van der Waals surface area contributed by atoms with E-state index in [0.717, 1.165) is 28.8 Å². The molecule has 0 amide bonds. The van der Waals surface area contributed by atoms with Gasteiger partial charge >= 0.3 is 0 Å². The summed E-state index contributed by atoms with van der Waals surface area (Å²) in [4.78, 5) is 0. The maximum absolute atomic E-state index is 9.72. The SMILES string of the molecule is CCc1nn(CC)c(CC(CO)(CO)C(C)C)c1Br. The van der Waals surface area contributed by atoms with E-state index in [0.29, 0.717) is 6.42 Å². The topological polar surface area (TPSA) is 58.3 Å². The highest BCUT2D eigenvalue weighted by molar-refractivity contribution is 9.10. The van der Waals surface area contributed by atoms with Crippen LogP contribution in [0.4, 0.5) is 0 Å². The first-order chi connectivity index (χ1) is 8.95. The third kappa shape index (κ3) is 3.20. The van der Waals surface area contributed by atoms with E-state index in [1.165, 1.54) is 0 Å².